The van der Waals surface area contributed by atoms with Crippen molar-refractivity contribution in [3.05, 3.63) is 12.1 Å². The van der Waals surface area contributed by atoms with Crippen LogP contribution < -0.4 is 5.32 Å². The van der Waals surface area contributed by atoms with Gasteiger partial charge in [0, 0.05) is 6.54 Å². The van der Waals surface area contributed by atoms with Crippen LogP contribution in [-0.4, -0.2) is 23.0 Å². The summed E-state index contributed by atoms with van der Waals surface area (Å²) < 4.78 is 0. The quantitative estimate of drug-likeness (QED) is 0.764. The Hall–Kier alpha value is -1.28. The van der Waals surface area contributed by atoms with Gasteiger partial charge in [-0.3, -0.25) is 0 Å². The fraction of sp³-hybridized carbons (Fsp3) is 0.444. The number of hydrogen-bond donors (Lipinski definition) is 1. The van der Waals surface area contributed by atoms with Crippen molar-refractivity contribution < 1.29 is 0 Å². The Morgan fingerprint density at radius 1 is 1.57 bits per heavy atom. The van der Waals surface area contributed by atoms with Gasteiger partial charge in [-0.15, -0.1) is 22.0 Å². The lowest BCUT2D eigenvalue weighted by Crippen LogP contribution is -2.10. The van der Waals surface area contributed by atoms with Crippen LogP contribution in [0.3, 0.4) is 0 Å². The van der Waals surface area contributed by atoms with E-state index in [2.05, 4.69) is 21.6 Å². The molecule has 0 saturated carbocycles. The standard InChI is InChI=1S/C9H12N4S/c1-7(5-10)6-11-8-3-4-9(14-2)13-12-8/h3-4,7H,6H2,1-2H3,(H,11,12). The Kier molecular flexibility index (Phi) is 4.20. The molecule has 74 valence electrons. The van der Waals surface area contributed by atoms with Gasteiger partial charge in [-0.05, 0) is 25.3 Å². The second kappa shape index (κ2) is 5.45. The van der Waals surface area contributed by atoms with Gasteiger partial charge in [0.25, 0.3) is 0 Å². The van der Waals surface area contributed by atoms with Crippen LogP contribution in [-0.2, 0) is 0 Å². The van der Waals surface area contributed by atoms with Crippen molar-refractivity contribution in [2.75, 3.05) is 18.1 Å². The molecule has 1 rings (SSSR count). The summed E-state index contributed by atoms with van der Waals surface area (Å²) in [5.74, 6) is 0.696. The molecule has 0 aliphatic rings. The van der Waals surface area contributed by atoms with Crippen molar-refractivity contribution in [3.8, 4) is 6.07 Å². The summed E-state index contributed by atoms with van der Waals surface area (Å²) in [5.41, 5.74) is 0. The Labute approximate surface area is 87.7 Å². The van der Waals surface area contributed by atoms with E-state index in [1.165, 1.54) is 0 Å². The van der Waals surface area contributed by atoms with Gasteiger partial charge in [0.05, 0.1) is 12.0 Å². The molecule has 0 saturated heterocycles. The van der Waals surface area contributed by atoms with E-state index in [1.54, 1.807) is 11.8 Å². The van der Waals surface area contributed by atoms with Crippen LogP contribution in [0.5, 0.6) is 0 Å². The third-order valence-corrected chi connectivity index (χ3v) is 2.29. The minimum absolute atomic E-state index is 0.0166. The second-order valence-corrected chi connectivity index (χ2v) is 3.70. The molecule has 1 atom stereocenters. The molecule has 0 aromatic carbocycles. The highest BCUT2D eigenvalue weighted by molar-refractivity contribution is 7.98. The average molecular weight is 208 g/mol. The van der Waals surface area contributed by atoms with Gasteiger partial charge in [0.15, 0.2) is 0 Å². The van der Waals surface area contributed by atoms with E-state index >= 15 is 0 Å². The molecule has 1 heterocycles. The van der Waals surface area contributed by atoms with Crippen molar-refractivity contribution in [2.45, 2.75) is 11.9 Å². The van der Waals surface area contributed by atoms with Crippen molar-refractivity contribution in [1.82, 2.24) is 10.2 Å². The van der Waals surface area contributed by atoms with Crippen LogP contribution in [0.4, 0.5) is 5.82 Å². The van der Waals surface area contributed by atoms with Crippen LogP contribution in [0.1, 0.15) is 6.92 Å². The topological polar surface area (TPSA) is 61.6 Å². The van der Waals surface area contributed by atoms with Gasteiger partial charge >= 0.3 is 0 Å². The van der Waals surface area contributed by atoms with E-state index in [1.807, 2.05) is 25.3 Å². The molecule has 14 heavy (non-hydrogen) atoms. The maximum Gasteiger partial charge on any atom is 0.148 e. The molecule has 5 heteroatoms. The van der Waals surface area contributed by atoms with E-state index in [-0.39, 0.29) is 5.92 Å². The highest BCUT2D eigenvalue weighted by Crippen LogP contribution is 2.11. The van der Waals surface area contributed by atoms with Crippen molar-refractivity contribution in [3.63, 3.8) is 0 Å². The summed E-state index contributed by atoms with van der Waals surface area (Å²) in [6.07, 6.45) is 1.95. The van der Waals surface area contributed by atoms with Crippen molar-refractivity contribution in [1.29, 1.82) is 5.26 Å². The predicted octanol–water partition coefficient (Wildman–Crippen LogP) is 1.77. The SMILES string of the molecule is CSc1ccc(NCC(C)C#N)nn1. The monoisotopic (exact) mass is 208 g/mol. The molecule has 0 aliphatic carbocycles. The zero-order valence-corrected chi connectivity index (χ0v) is 9.01. The van der Waals surface area contributed by atoms with Gasteiger partial charge in [-0.25, -0.2) is 0 Å². The molecule has 4 nitrogen and oxygen atoms in total. The molecular weight excluding hydrogens is 196 g/mol. The van der Waals surface area contributed by atoms with Gasteiger partial charge in [-0.2, -0.15) is 5.26 Å². The number of nitrogens with zero attached hydrogens (tertiary/aromatic N) is 3. The van der Waals surface area contributed by atoms with Crippen molar-refractivity contribution >= 4 is 17.6 Å². The summed E-state index contributed by atoms with van der Waals surface area (Å²) >= 11 is 1.55. The van der Waals surface area contributed by atoms with Gasteiger partial charge in [0.2, 0.25) is 0 Å². The summed E-state index contributed by atoms with van der Waals surface area (Å²) in [7, 11) is 0. The van der Waals surface area contributed by atoms with E-state index in [4.69, 9.17) is 5.26 Å². The first-order chi connectivity index (χ1) is 6.76. The van der Waals surface area contributed by atoms with Gasteiger partial charge in [0.1, 0.15) is 10.8 Å². The molecule has 0 aliphatic heterocycles. The minimum Gasteiger partial charge on any atom is -0.367 e. The van der Waals surface area contributed by atoms with Gasteiger partial charge < -0.3 is 5.32 Å². The largest absolute Gasteiger partial charge is 0.367 e. The van der Waals surface area contributed by atoms with Crippen LogP contribution in [0.15, 0.2) is 17.2 Å². The molecule has 0 spiro atoms. The van der Waals surface area contributed by atoms with E-state index in [9.17, 15) is 0 Å². The lowest BCUT2D eigenvalue weighted by Gasteiger charge is -2.05. The van der Waals surface area contributed by atoms with E-state index < -0.39 is 0 Å². The molecule has 0 radical (unpaired) electrons. The lowest BCUT2D eigenvalue weighted by molar-refractivity contribution is 0.777. The first kappa shape index (κ1) is 10.8. The smallest absolute Gasteiger partial charge is 0.148 e. The number of rotatable bonds is 4. The third-order valence-electron chi connectivity index (χ3n) is 1.66. The summed E-state index contributed by atoms with van der Waals surface area (Å²) in [6, 6.07) is 5.91. The fourth-order valence-corrected chi connectivity index (χ4v) is 1.15. The lowest BCUT2D eigenvalue weighted by atomic mass is 10.2. The maximum absolute atomic E-state index is 8.57. The summed E-state index contributed by atoms with van der Waals surface area (Å²) in [6.45, 7) is 2.46. The molecule has 0 fully saturated rings. The molecule has 1 aromatic rings. The summed E-state index contributed by atoms with van der Waals surface area (Å²) in [4.78, 5) is 0. The zero-order valence-electron chi connectivity index (χ0n) is 8.19. The van der Waals surface area contributed by atoms with E-state index in [0.717, 1.165) is 5.03 Å². The number of hydrogen-bond acceptors (Lipinski definition) is 5. The number of nitriles is 1. The zero-order chi connectivity index (χ0) is 10.4. The number of aromatic nitrogens is 2. The predicted molar refractivity (Wildman–Crippen MR) is 57.1 cm³/mol. The second-order valence-electron chi connectivity index (χ2n) is 2.87. The Morgan fingerprint density at radius 3 is 2.86 bits per heavy atom. The maximum atomic E-state index is 8.57. The normalized spacial score (nSPS) is 11.8. The molecule has 1 unspecified atom stereocenters. The first-order valence-corrected chi connectivity index (χ1v) is 5.50. The highest BCUT2D eigenvalue weighted by Gasteiger charge is 2.00. The minimum atomic E-state index is -0.0166. The first-order valence-electron chi connectivity index (χ1n) is 4.27. The van der Waals surface area contributed by atoms with Crippen molar-refractivity contribution in [2.24, 2.45) is 5.92 Å². The van der Waals surface area contributed by atoms with E-state index in [0.29, 0.717) is 12.4 Å². The van der Waals surface area contributed by atoms with Gasteiger partial charge in [-0.1, -0.05) is 0 Å². The fourth-order valence-electron chi connectivity index (χ4n) is 0.826. The molecule has 1 aromatic heterocycles. The number of anilines is 1. The third kappa shape index (κ3) is 3.23. The molecular formula is C9H12N4S. The molecule has 0 amide bonds. The Morgan fingerprint density at radius 2 is 2.36 bits per heavy atom. The number of thioether (sulfide) groups is 1. The van der Waals surface area contributed by atoms with Crippen LogP contribution in [0.25, 0.3) is 0 Å². The number of nitrogens with one attached hydrogen (secondary N) is 1. The Bertz CT molecular complexity index is 317. The average Bonchev–Trinajstić information content (AvgIpc) is 2.26. The summed E-state index contributed by atoms with van der Waals surface area (Å²) in [5, 5.41) is 20.4. The Balaban J connectivity index is 2.48. The van der Waals surface area contributed by atoms with Crippen LogP contribution in [0, 0.1) is 17.2 Å². The molecule has 1 N–H and O–H groups in total. The highest BCUT2D eigenvalue weighted by atomic mass is 32.2. The van der Waals surface area contributed by atoms with Crippen LogP contribution in [0.2, 0.25) is 0 Å². The van der Waals surface area contributed by atoms with Crippen LogP contribution >= 0.6 is 11.8 Å². The molecule has 0 bridgehead atoms.